The highest BCUT2D eigenvalue weighted by Crippen LogP contribution is 2.24. The minimum absolute atomic E-state index is 0.578. The molecule has 0 bridgehead atoms. The summed E-state index contributed by atoms with van der Waals surface area (Å²) in [6.07, 6.45) is 5.42. The maximum atomic E-state index is 5.88. The molecule has 1 N–H and O–H groups in total. The van der Waals surface area contributed by atoms with Crippen molar-refractivity contribution in [1.29, 1.82) is 0 Å². The molecular weight excluding hydrogens is 258 g/mol. The lowest BCUT2D eigenvalue weighted by Crippen LogP contribution is -2.36. The summed E-state index contributed by atoms with van der Waals surface area (Å²) in [7, 11) is 0. The second kappa shape index (κ2) is 7.84. The third-order valence-corrected chi connectivity index (χ3v) is 4.60. The Morgan fingerprint density at radius 1 is 1.29 bits per heavy atom. The lowest BCUT2D eigenvalue weighted by atomic mass is 9.87. The van der Waals surface area contributed by atoms with E-state index < -0.39 is 0 Å². The van der Waals surface area contributed by atoms with Crippen LogP contribution in [0.3, 0.4) is 0 Å². The van der Waals surface area contributed by atoms with Crippen LogP contribution in [0.2, 0.25) is 0 Å². The lowest BCUT2D eigenvalue weighted by Gasteiger charge is -2.27. The fourth-order valence-electron chi connectivity index (χ4n) is 3.44. The molecule has 118 valence electrons. The van der Waals surface area contributed by atoms with E-state index in [9.17, 15) is 0 Å². The summed E-state index contributed by atoms with van der Waals surface area (Å²) in [6.45, 7) is 10.7. The van der Waals surface area contributed by atoms with Crippen LogP contribution in [0.25, 0.3) is 0 Å². The minimum Gasteiger partial charge on any atom is -0.492 e. The van der Waals surface area contributed by atoms with Gasteiger partial charge >= 0.3 is 0 Å². The summed E-state index contributed by atoms with van der Waals surface area (Å²) in [5, 5.41) is 3.64. The molecule has 0 heterocycles. The molecule has 2 atom stereocenters. The van der Waals surface area contributed by atoms with Crippen LogP contribution in [0.1, 0.15) is 63.5 Å². The average Bonchev–Trinajstić information content (AvgIpc) is 2.43. The Labute approximate surface area is 130 Å². The van der Waals surface area contributed by atoms with Crippen LogP contribution in [0.5, 0.6) is 5.75 Å². The van der Waals surface area contributed by atoms with E-state index in [1.165, 1.54) is 36.8 Å². The van der Waals surface area contributed by atoms with Crippen LogP contribution in [0.4, 0.5) is 0 Å². The molecule has 1 aromatic rings. The predicted molar refractivity (Wildman–Crippen MR) is 90.2 cm³/mol. The molecule has 0 radical (unpaired) electrons. The molecule has 0 amide bonds. The van der Waals surface area contributed by atoms with Crippen molar-refractivity contribution in [2.45, 2.75) is 65.3 Å². The Morgan fingerprint density at radius 3 is 2.76 bits per heavy atom. The van der Waals surface area contributed by atoms with E-state index in [-0.39, 0.29) is 0 Å². The van der Waals surface area contributed by atoms with Crippen molar-refractivity contribution < 1.29 is 4.74 Å². The van der Waals surface area contributed by atoms with E-state index in [4.69, 9.17) is 4.74 Å². The lowest BCUT2D eigenvalue weighted by molar-refractivity contribution is 0.266. The maximum absolute atomic E-state index is 5.88. The SMILES string of the molecule is Cc1cc(OCCNC2CCCC(C)C2)ccc1C(C)C. The van der Waals surface area contributed by atoms with Gasteiger partial charge in [-0.15, -0.1) is 0 Å². The van der Waals surface area contributed by atoms with Gasteiger partial charge in [0.05, 0.1) is 0 Å². The molecule has 2 nitrogen and oxygen atoms in total. The first-order valence-corrected chi connectivity index (χ1v) is 8.53. The van der Waals surface area contributed by atoms with Gasteiger partial charge in [0.1, 0.15) is 12.4 Å². The zero-order valence-electron chi connectivity index (χ0n) is 14.1. The molecule has 1 aromatic carbocycles. The van der Waals surface area contributed by atoms with Crippen molar-refractivity contribution in [2.75, 3.05) is 13.2 Å². The van der Waals surface area contributed by atoms with Crippen LogP contribution >= 0.6 is 0 Å². The molecule has 0 spiro atoms. The van der Waals surface area contributed by atoms with Gasteiger partial charge in [0.2, 0.25) is 0 Å². The molecule has 1 aliphatic rings. The van der Waals surface area contributed by atoms with Gasteiger partial charge in [0.25, 0.3) is 0 Å². The Bertz CT molecular complexity index is 441. The van der Waals surface area contributed by atoms with Gasteiger partial charge in [-0.25, -0.2) is 0 Å². The summed E-state index contributed by atoms with van der Waals surface area (Å²) < 4.78 is 5.88. The average molecular weight is 289 g/mol. The van der Waals surface area contributed by atoms with Gasteiger partial charge in [-0.1, -0.05) is 39.7 Å². The second-order valence-corrected chi connectivity index (χ2v) is 6.94. The van der Waals surface area contributed by atoms with Crippen LogP contribution in [0.15, 0.2) is 18.2 Å². The van der Waals surface area contributed by atoms with Crippen molar-refractivity contribution in [3.05, 3.63) is 29.3 Å². The topological polar surface area (TPSA) is 21.3 Å². The van der Waals surface area contributed by atoms with Gasteiger partial charge in [0, 0.05) is 12.6 Å². The molecule has 1 aliphatic carbocycles. The second-order valence-electron chi connectivity index (χ2n) is 6.94. The van der Waals surface area contributed by atoms with Gasteiger partial charge in [0.15, 0.2) is 0 Å². The number of ether oxygens (including phenoxy) is 1. The highest BCUT2D eigenvalue weighted by Gasteiger charge is 2.17. The summed E-state index contributed by atoms with van der Waals surface area (Å²) in [5.74, 6) is 2.45. The quantitative estimate of drug-likeness (QED) is 0.769. The number of hydrogen-bond donors (Lipinski definition) is 1. The first-order chi connectivity index (χ1) is 10.1. The molecule has 1 fully saturated rings. The number of hydrogen-bond acceptors (Lipinski definition) is 2. The molecule has 0 aromatic heterocycles. The Hall–Kier alpha value is -1.02. The van der Waals surface area contributed by atoms with Crippen LogP contribution in [-0.4, -0.2) is 19.2 Å². The van der Waals surface area contributed by atoms with Crippen molar-refractivity contribution in [2.24, 2.45) is 5.92 Å². The van der Waals surface area contributed by atoms with Gasteiger partial charge in [-0.2, -0.15) is 0 Å². The monoisotopic (exact) mass is 289 g/mol. The fourth-order valence-corrected chi connectivity index (χ4v) is 3.44. The van der Waals surface area contributed by atoms with E-state index in [0.29, 0.717) is 12.0 Å². The summed E-state index contributed by atoms with van der Waals surface area (Å²) in [5.41, 5.74) is 2.74. The smallest absolute Gasteiger partial charge is 0.119 e. The molecule has 2 unspecified atom stereocenters. The zero-order valence-corrected chi connectivity index (χ0v) is 14.1. The standard InChI is InChI=1S/C19H31NO/c1-14(2)19-9-8-18(13-16(19)4)21-11-10-20-17-7-5-6-15(3)12-17/h8-9,13-15,17,20H,5-7,10-12H2,1-4H3. The summed E-state index contributed by atoms with van der Waals surface area (Å²) >= 11 is 0. The molecule has 0 aliphatic heterocycles. The summed E-state index contributed by atoms with van der Waals surface area (Å²) in [6, 6.07) is 7.16. The predicted octanol–water partition coefficient (Wildman–Crippen LogP) is 4.67. The van der Waals surface area contributed by atoms with Crippen molar-refractivity contribution in [1.82, 2.24) is 5.32 Å². The van der Waals surface area contributed by atoms with Crippen molar-refractivity contribution in [3.8, 4) is 5.75 Å². The van der Waals surface area contributed by atoms with Crippen molar-refractivity contribution >= 4 is 0 Å². The van der Waals surface area contributed by atoms with E-state index in [0.717, 1.165) is 24.8 Å². The minimum atomic E-state index is 0.578. The Morgan fingerprint density at radius 2 is 2.10 bits per heavy atom. The first-order valence-electron chi connectivity index (χ1n) is 8.53. The molecule has 21 heavy (non-hydrogen) atoms. The van der Waals surface area contributed by atoms with Crippen LogP contribution in [0, 0.1) is 12.8 Å². The van der Waals surface area contributed by atoms with Gasteiger partial charge in [-0.05, 0) is 54.9 Å². The van der Waals surface area contributed by atoms with Crippen molar-refractivity contribution in [3.63, 3.8) is 0 Å². The number of nitrogens with one attached hydrogen (secondary N) is 1. The first kappa shape index (κ1) is 16.4. The largest absolute Gasteiger partial charge is 0.492 e. The van der Waals surface area contributed by atoms with Gasteiger partial charge < -0.3 is 10.1 Å². The molecule has 1 saturated carbocycles. The molecule has 0 saturated heterocycles. The van der Waals surface area contributed by atoms with Gasteiger partial charge in [-0.3, -0.25) is 0 Å². The van der Waals surface area contributed by atoms with E-state index >= 15 is 0 Å². The molecule has 2 rings (SSSR count). The highest BCUT2D eigenvalue weighted by atomic mass is 16.5. The maximum Gasteiger partial charge on any atom is 0.119 e. The van der Waals surface area contributed by atoms with Crippen LogP contribution < -0.4 is 10.1 Å². The number of aryl methyl sites for hydroxylation is 1. The summed E-state index contributed by atoms with van der Waals surface area (Å²) in [4.78, 5) is 0. The fraction of sp³-hybridized carbons (Fsp3) is 0.684. The molecular formula is C19H31NO. The third-order valence-electron chi connectivity index (χ3n) is 4.60. The van der Waals surface area contributed by atoms with E-state index in [2.05, 4.69) is 51.2 Å². The van der Waals surface area contributed by atoms with Crippen LogP contribution in [-0.2, 0) is 0 Å². The zero-order chi connectivity index (χ0) is 15.2. The number of benzene rings is 1. The normalized spacial score (nSPS) is 22.5. The van der Waals surface area contributed by atoms with E-state index in [1.807, 2.05) is 0 Å². The van der Waals surface area contributed by atoms with E-state index in [1.54, 1.807) is 0 Å². The third kappa shape index (κ3) is 5.03. The number of rotatable bonds is 6. The molecule has 2 heteroatoms. The highest BCUT2D eigenvalue weighted by molar-refractivity contribution is 5.36. The Balaban J connectivity index is 1.72. The Kier molecular flexibility index (Phi) is 6.10.